The van der Waals surface area contributed by atoms with E-state index in [0.29, 0.717) is 0 Å². The van der Waals surface area contributed by atoms with Crippen LogP contribution >= 0.6 is 0 Å². The number of benzene rings is 1. The van der Waals surface area contributed by atoms with Crippen molar-refractivity contribution in [2.45, 2.75) is 19.8 Å². The van der Waals surface area contributed by atoms with Crippen molar-refractivity contribution in [3.05, 3.63) is 36.2 Å². The van der Waals surface area contributed by atoms with Crippen LogP contribution in [0.5, 0.6) is 5.75 Å². The molecule has 0 aliphatic heterocycles. The molecule has 0 atom stereocenters. The molecule has 1 N–H and O–H groups in total. The van der Waals surface area contributed by atoms with Gasteiger partial charge in [-0.15, -0.1) is 0 Å². The summed E-state index contributed by atoms with van der Waals surface area (Å²) >= 11 is 0. The number of rotatable bonds is 6. The molecule has 2 rings (SSSR count). The minimum atomic E-state index is 0.830. The molecule has 1 heterocycles. The smallest absolute Gasteiger partial charge is 0.138 e. The van der Waals surface area contributed by atoms with Gasteiger partial charge in [-0.3, -0.25) is 0 Å². The summed E-state index contributed by atoms with van der Waals surface area (Å²) in [5.74, 6) is 3.38. The van der Waals surface area contributed by atoms with Crippen LogP contribution in [0.25, 0.3) is 0 Å². The molecular formula is C16H22N4O. The Bertz CT molecular complexity index is 601. The minimum Gasteiger partial charge on any atom is -0.497 e. The van der Waals surface area contributed by atoms with Gasteiger partial charge in [0.2, 0.25) is 0 Å². The maximum atomic E-state index is 5.28. The topological polar surface area (TPSA) is 50.3 Å². The molecule has 0 unspecified atom stereocenters. The van der Waals surface area contributed by atoms with Crippen LogP contribution in [0.3, 0.4) is 0 Å². The van der Waals surface area contributed by atoms with Crippen molar-refractivity contribution in [3.8, 4) is 5.75 Å². The van der Waals surface area contributed by atoms with E-state index in [1.807, 2.05) is 49.3 Å². The highest BCUT2D eigenvalue weighted by Gasteiger charge is 2.10. The first kappa shape index (κ1) is 15.1. The Hall–Kier alpha value is -2.30. The fourth-order valence-corrected chi connectivity index (χ4v) is 2.07. The van der Waals surface area contributed by atoms with Gasteiger partial charge in [-0.1, -0.05) is 13.0 Å². The number of nitrogens with one attached hydrogen (secondary N) is 1. The highest BCUT2D eigenvalue weighted by atomic mass is 16.5. The first-order valence-electron chi connectivity index (χ1n) is 7.11. The molecule has 0 aliphatic rings. The van der Waals surface area contributed by atoms with Crippen molar-refractivity contribution in [1.82, 2.24) is 9.97 Å². The minimum absolute atomic E-state index is 0.830. The van der Waals surface area contributed by atoms with Gasteiger partial charge in [0.05, 0.1) is 7.11 Å². The molecule has 5 heteroatoms. The van der Waals surface area contributed by atoms with E-state index in [0.717, 1.165) is 41.7 Å². The fourth-order valence-electron chi connectivity index (χ4n) is 2.07. The third-order valence-electron chi connectivity index (χ3n) is 3.27. The third-order valence-corrected chi connectivity index (χ3v) is 3.27. The van der Waals surface area contributed by atoms with Crippen LogP contribution in [0, 0.1) is 0 Å². The fraction of sp³-hybridized carbons (Fsp3) is 0.375. The van der Waals surface area contributed by atoms with Gasteiger partial charge in [-0.05, 0) is 18.6 Å². The van der Waals surface area contributed by atoms with Crippen LogP contribution < -0.4 is 15.0 Å². The zero-order chi connectivity index (χ0) is 15.2. The van der Waals surface area contributed by atoms with E-state index in [1.54, 1.807) is 7.11 Å². The maximum Gasteiger partial charge on any atom is 0.138 e. The molecule has 0 spiro atoms. The molecule has 0 aliphatic carbocycles. The number of aryl methyl sites for hydroxylation is 1. The predicted molar refractivity (Wildman–Crippen MR) is 86.6 cm³/mol. The van der Waals surface area contributed by atoms with Gasteiger partial charge in [0.15, 0.2) is 0 Å². The van der Waals surface area contributed by atoms with E-state index in [-0.39, 0.29) is 0 Å². The van der Waals surface area contributed by atoms with Crippen LogP contribution in [0.15, 0.2) is 30.3 Å². The van der Waals surface area contributed by atoms with E-state index < -0.39 is 0 Å². The molecule has 0 saturated carbocycles. The lowest BCUT2D eigenvalue weighted by Crippen LogP contribution is -2.14. The van der Waals surface area contributed by atoms with E-state index in [2.05, 4.69) is 22.2 Å². The molecule has 5 nitrogen and oxygen atoms in total. The Balaban J connectivity index is 2.36. The van der Waals surface area contributed by atoms with Crippen molar-refractivity contribution in [2.75, 3.05) is 31.4 Å². The summed E-state index contributed by atoms with van der Waals surface area (Å²) in [6.07, 6.45) is 1.89. The molecular weight excluding hydrogens is 264 g/mol. The van der Waals surface area contributed by atoms with Crippen molar-refractivity contribution < 1.29 is 4.74 Å². The first-order chi connectivity index (χ1) is 10.2. The van der Waals surface area contributed by atoms with Gasteiger partial charge in [0, 0.05) is 38.3 Å². The zero-order valence-electron chi connectivity index (χ0n) is 13.1. The summed E-state index contributed by atoms with van der Waals surface area (Å²) in [7, 11) is 5.53. The van der Waals surface area contributed by atoms with Gasteiger partial charge >= 0.3 is 0 Å². The molecule has 112 valence electrons. The summed E-state index contributed by atoms with van der Waals surface area (Å²) < 4.78 is 5.28. The molecule has 0 bridgehead atoms. The summed E-state index contributed by atoms with van der Waals surface area (Å²) in [5.41, 5.74) is 1.03. The molecule has 2 aromatic rings. The third kappa shape index (κ3) is 3.62. The number of nitrogens with zero attached hydrogens (tertiary/aromatic N) is 3. The molecule has 0 fully saturated rings. The molecule has 0 radical (unpaired) electrons. The number of ether oxygens (including phenoxy) is 1. The lowest BCUT2D eigenvalue weighted by Gasteiger charge is -2.20. The van der Waals surface area contributed by atoms with Crippen LogP contribution in [-0.2, 0) is 6.42 Å². The Labute approximate surface area is 126 Å². The second-order valence-electron chi connectivity index (χ2n) is 4.79. The Morgan fingerprint density at radius 2 is 2.05 bits per heavy atom. The standard InChI is InChI=1S/C16H22N4O/c1-5-7-14-18-15(17-2)11-16(19-14)20(3)12-8-6-9-13(10-12)21-4/h6,8-11H,5,7H2,1-4H3,(H,17,18,19). The normalized spacial score (nSPS) is 10.3. The zero-order valence-corrected chi connectivity index (χ0v) is 13.1. The molecule has 1 aromatic heterocycles. The molecule has 1 aromatic carbocycles. The Morgan fingerprint density at radius 3 is 2.71 bits per heavy atom. The van der Waals surface area contributed by atoms with E-state index in [4.69, 9.17) is 4.74 Å². The van der Waals surface area contributed by atoms with Gasteiger partial charge in [-0.2, -0.15) is 0 Å². The van der Waals surface area contributed by atoms with Crippen LogP contribution in [0.1, 0.15) is 19.2 Å². The second-order valence-corrected chi connectivity index (χ2v) is 4.79. The molecule has 0 saturated heterocycles. The SMILES string of the molecule is CCCc1nc(NC)cc(N(C)c2cccc(OC)c2)n1. The van der Waals surface area contributed by atoms with Crippen LogP contribution in [0.4, 0.5) is 17.3 Å². The molecule has 21 heavy (non-hydrogen) atoms. The quantitative estimate of drug-likeness (QED) is 0.883. The summed E-state index contributed by atoms with van der Waals surface area (Å²) in [4.78, 5) is 11.1. The Kier molecular flexibility index (Phi) is 4.98. The van der Waals surface area contributed by atoms with Gasteiger partial charge in [0.1, 0.15) is 23.2 Å². The number of methoxy groups -OCH3 is 1. The van der Waals surface area contributed by atoms with E-state index in [1.165, 1.54) is 0 Å². The van der Waals surface area contributed by atoms with Crippen LogP contribution in [-0.4, -0.2) is 31.2 Å². The average molecular weight is 286 g/mol. The summed E-state index contributed by atoms with van der Waals surface area (Å²) in [6.45, 7) is 2.13. The summed E-state index contributed by atoms with van der Waals surface area (Å²) in [6, 6.07) is 9.86. The van der Waals surface area contributed by atoms with Gasteiger partial charge in [-0.25, -0.2) is 9.97 Å². The van der Waals surface area contributed by atoms with Crippen molar-refractivity contribution in [1.29, 1.82) is 0 Å². The van der Waals surface area contributed by atoms with Gasteiger partial charge in [0.25, 0.3) is 0 Å². The average Bonchev–Trinajstić information content (AvgIpc) is 2.54. The maximum absolute atomic E-state index is 5.28. The first-order valence-corrected chi connectivity index (χ1v) is 7.11. The van der Waals surface area contributed by atoms with E-state index in [9.17, 15) is 0 Å². The van der Waals surface area contributed by atoms with Crippen LogP contribution in [0.2, 0.25) is 0 Å². The van der Waals surface area contributed by atoms with Crippen molar-refractivity contribution >= 4 is 17.3 Å². The Morgan fingerprint density at radius 1 is 1.24 bits per heavy atom. The van der Waals surface area contributed by atoms with Gasteiger partial charge < -0.3 is 15.0 Å². The highest BCUT2D eigenvalue weighted by Crippen LogP contribution is 2.26. The predicted octanol–water partition coefficient (Wildman–Crippen LogP) is 3.25. The van der Waals surface area contributed by atoms with Crippen molar-refractivity contribution in [2.24, 2.45) is 0 Å². The number of hydrogen-bond acceptors (Lipinski definition) is 5. The van der Waals surface area contributed by atoms with E-state index >= 15 is 0 Å². The number of hydrogen-bond donors (Lipinski definition) is 1. The largest absolute Gasteiger partial charge is 0.497 e. The van der Waals surface area contributed by atoms with Crippen molar-refractivity contribution in [3.63, 3.8) is 0 Å². The lowest BCUT2D eigenvalue weighted by atomic mass is 10.2. The lowest BCUT2D eigenvalue weighted by molar-refractivity contribution is 0.415. The molecule has 0 amide bonds. The summed E-state index contributed by atoms with van der Waals surface area (Å²) in [5, 5.41) is 3.09. The monoisotopic (exact) mass is 286 g/mol. The second kappa shape index (κ2) is 6.92. The number of aromatic nitrogens is 2. The highest BCUT2D eigenvalue weighted by molar-refractivity contribution is 5.63. The number of anilines is 3.